The first kappa shape index (κ1) is 17.3. The van der Waals surface area contributed by atoms with Gasteiger partial charge in [-0.1, -0.05) is 18.2 Å². The molecule has 0 saturated carbocycles. The Bertz CT molecular complexity index is 803. The summed E-state index contributed by atoms with van der Waals surface area (Å²) in [7, 11) is 0. The van der Waals surface area contributed by atoms with Gasteiger partial charge in [0, 0.05) is 30.0 Å². The third kappa shape index (κ3) is 3.70. The zero-order chi connectivity index (χ0) is 17.9. The summed E-state index contributed by atoms with van der Waals surface area (Å²) in [6.07, 6.45) is 0.596. The number of morpholine rings is 1. The molecule has 1 atom stereocenters. The first-order valence-corrected chi connectivity index (χ1v) is 9.57. The van der Waals surface area contributed by atoms with Gasteiger partial charge in [0.2, 0.25) is 0 Å². The van der Waals surface area contributed by atoms with Crippen LogP contribution in [-0.4, -0.2) is 54.4 Å². The normalized spacial score (nSPS) is 21.0. The molecule has 3 heterocycles. The zero-order valence-electron chi connectivity index (χ0n) is 14.3. The Morgan fingerprint density at radius 3 is 2.85 bits per heavy atom. The molecule has 0 bridgehead atoms. The van der Waals surface area contributed by atoms with Crippen LogP contribution in [-0.2, 0) is 9.53 Å². The second kappa shape index (κ2) is 7.65. The van der Waals surface area contributed by atoms with E-state index in [1.54, 1.807) is 22.4 Å². The van der Waals surface area contributed by atoms with E-state index < -0.39 is 0 Å². The molecule has 5 nitrogen and oxygen atoms in total. The summed E-state index contributed by atoms with van der Waals surface area (Å²) in [5.74, 6) is -0.326. The number of hydrazone groups is 1. The zero-order valence-corrected chi connectivity index (χ0v) is 15.1. The number of amides is 1. The number of benzene rings is 1. The van der Waals surface area contributed by atoms with Crippen LogP contribution in [0.1, 0.15) is 22.9 Å². The van der Waals surface area contributed by atoms with E-state index in [1.807, 2.05) is 23.6 Å². The van der Waals surface area contributed by atoms with Crippen LogP contribution in [0, 0.1) is 5.82 Å². The number of thiophene rings is 1. The van der Waals surface area contributed by atoms with Crippen molar-refractivity contribution in [3.63, 3.8) is 0 Å². The number of halogens is 1. The van der Waals surface area contributed by atoms with E-state index in [9.17, 15) is 9.18 Å². The number of hydrogen-bond donors (Lipinski definition) is 0. The smallest absolute Gasteiger partial charge is 0.257 e. The summed E-state index contributed by atoms with van der Waals surface area (Å²) in [5.41, 5.74) is 1.48. The average Bonchev–Trinajstić information content (AvgIpc) is 3.32. The Labute approximate surface area is 155 Å². The van der Waals surface area contributed by atoms with Crippen molar-refractivity contribution in [1.29, 1.82) is 0 Å². The number of hydrogen-bond acceptors (Lipinski definition) is 5. The Kier molecular flexibility index (Phi) is 5.10. The highest BCUT2D eigenvalue weighted by Gasteiger charge is 2.34. The summed E-state index contributed by atoms with van der Waals surface area (Å²) in [6, 6.07) is 10.3. The number of nitrogens with zero attached hydrogens (tertiary/aromatic N) is 3. The summed E-state index contributed by atoms with van der Waals surface area (Å²) < 4.78 is 18.9. The van der Waals surface area contributed by atoms with Crippen molar-refractivity contribution in [2.45, 2.75) is 12.5 Å². The average molecular weight is 373 g/mol. The SMILES string of the molecule is O=C(CN1CCOCC1)N1N=C(c2cccc(F)c2)CC1c1cccs1. The molecular formula is C19H20FN3O2S. The summed E-state index contributed by atoms with van der Waals surface area (Å²) in [4.78, 5) is 16.1. The number of rotatable bonds is 4. The number of carbonyl (C=O) groups excluding carboxylic acids is 1. The van der Waals surface area contributed by atoms with Gasteiger partial charge >= 0.3 is 0 Å². The Morgan fingerprint density at radius 1 is 1.27 bits per heavy atom. The maximum Gasteiger partial charge on any atom is 0.257 e. The van der Waals surface area contributed by atoms with E-state index in [4.69, 9.17) is 4.74 Å². The van der Waals surface area contributed by atoms with Gasteiger partial charge in [-0.2, -0.15) is 5.10 Å². The van der Waals surface area contributed by atoms with Gasteiger partial charge in [0.25, 0.3) is 5.91 Å². The number of ether oxygens (including phenoxy) is 1. The van der Waals surface area contributed by atoms with Crippen LogP contribution in [0.5, 0.6) is 0 Å². The summed E-state index contributed by atoms with van der Waals surface area (Å²) in [5, 5.41) is 8.17. The maximum atomic E-state index is 13.6. The van der Waals surface area contributed by atoms with Crippen LogP contribution >= 0.6 is 11.3 Å². The van der Waals surface area contributed by atoms with Crippen molar-refractivity contribution in [1.82, 2.24) is 9.91 Å². The molecular weight excluding hydrogens is 353 g/mol. The quantitative estimate of drug-likeness (QED) is 0.828. The van der Waals surface area contributed by atoms with Gasteiger partial charge in [-0.05, 0) is 23.6 Å². The molecule has 136 valence electrons. The van der Waals surface area contributed by atoms with Crippen molar-refractivity contribution < 1.29 is 13.9 Å². The molecule has 2 aromatic rings. The first-order valence-electron chi connectivity index (χ1n) is 8.70. The Hall–Kier alpha value is -2.09. The highest BCUT2D eigenvalue weighted by atomic mass is 32.1. The fraction of sp³-hybridized carbons (Fsp3) is 0.368. The van der Waals surface area contributed by atoms with Crippen LogP contribution in [0.15, 0.2) is 46.9 Å². The van der Waals surface area contributed by atoms with Crippen molar-refractivity contribution in [3.8, 4) is 0 Å². The maximum absolute atomic E-state index is 13.6. The lowest BCUT2D eigenvalue weighted by Crippen LogP contribution is -2.43. The molecule has 1 amide bonds. The minimum atomic E-state index is -0.295. The van der Waals surface area contributed by atoms with E-state index >= 15 is 0 Å². The topological polar surface area (TPSA) is 45.1 Å². The fourth-order valence-electron chi connectivity index (χ4n) is 3.31. The predicted molar refractivity (Wildman–Crippen MR) is 98.7 cm³/mol. The Balaban J connectivity index is 1.58. The third-order valence-corrected chi connectivity index (χ3v) is 5.63. The Morgan fingerprint density at radius 2 is 2.12 bits per heavy atom. The first-order chi connectivity index (χ1) is 12.7. The van der Waals surface area contributed by atoms with Crippen molar-refractivity contribution in [3.05, 3.63) is 58.0 Å². The van der Waals surface area contributed by atoms with Gasteiger partial charge in [0.15, 0.2) is 0 Å². The minimum absolute atomic E-state index is 0.0308. The predicted octanol–water partition coefficient (Wildman–Crippen LogP) is 2.90. The molecule has 0 N–H and O–H groups in total. The van der Waals surface area contributed by atoms with Crippen LogP contribution < -0.4 is 0 Å². The van der Waals surface area contributed by atoms with E-state index in [2.05, 4.69) is 10.0 Å². The van der Waals surface area contributed by atoms with Crippen LogP contribution in [0.4, 0.5) is 4.39 Å². The molecule has 1 fully saturated rings. The molecule has 2 aliphatic heterocycles. The second-order valence-corrected chi connectivity index (χ2v) is 7.40. The molecule has 2 aliphatic rings. The van der Waals surface area contributed by atoms with Crippen LogP contribution in [0.25, 0.3) is 0 Å². The van der Waals surface area contributed by atoms with E-state index in [1.165, 1.54) is 12.1 Å². The van der Waals surface area contributed by atoms with Crippen LogP contribution in [0.3, 0.4) is 0 Å². The molecule has 0 radical (unpaired) electrons. The molecule has 1 aromatic heterocycles. The molecule has 0 aliphatic carbocycles. The molecule has 7 heteroatoms. The highest BCUT2D eigenvalue weighted by molar-refractivity contribution is 7.10. The van der Waals surface area contributed by atoms with Gasteiger partial charge in [0.1, 0.15) is 5.82 Å². The standard InChI is InChI=1S/C19H20FN3O2S/c20-15-4-1-3-14(11-15)16-12-17(18-5-2-10-26-18)23(21-16)19(24)13-22-6-8-25-9-7-22/h1-5,10-11,17H,6-9,12-13H2. The third-order valence-electron chi connectivity index (χ3n) is 4.66. The van der Waals surface area contributed by atoms with E-state index in [0.29, 0.717) is 26.2 Å². The van der Waals surface area contributed by atoms with Crippen molar-refractivity contribution in [2.75, 3.05) is 32.8 Å². The highest BCUT2D eigenvalue weighted by Crippen LogP contribution is 2.35. The van der Waals surface area contributed by atoms with Gasteiger partial charge < -0.3 is 4.74 Å². The summed E-state index contributed by atoms with van der Waals surface area (Å²) in [6.45, 7) is 3.14. The van der Waals surface area contributed by atoms with Crippen molar-refractivity contribution >= 4 is 23.0 Å². The molecule has 26 heavy (non-hydrogen) atoms. The van der Waals surface area contributed by atoms with Crippen LogP contribution in [0.2, 0.25) is 0 Å². The molecule has 1 unspecified atom stereocenters. The van der Waals surface area contributed by atoms with Gasteiger partial charge in [0.05, 0.1) is 31.5 Å². The molecule has 1 aromatic carbocycles. The minimum Gasteiger partial charge on any atom is -0.379 e. The molecule has 0 spiro atoms. The lowest BCUT2D eigenvalue weighted by atomic mass is 10.0. The van der Waals surface area contributed by atoms with Gasteiger partial charge in [-0.25, -0.2) is 9.40 Å². The van der Waals surface area contributed by atoms with E-state index in [0.717, 1.165) is 29.2 Å². The van der Waals surface area contributed by atoms with Gasteiger partial charge in [-0.3, -0.25) is 9.69 Å². The molecule has 1 saturated heterocycles. The second-order valence-electron chi connectivity index (χ2n) is 6.42. The summed E-state index contributed by atoms with van der Waals surface area (Å²) >= 11 is 1.61. The van der Waals surface area contributed by atoms with E-state index in [-0.39, 0.29) is 17.8 Å². The lowest BCUT2D eigenvalue weighted by Gasteiger charge is -2.28. The largest absolute Gasteiger partial charge is 0.379 e. The number of carbonyl (C=O) groups is 1. The fourth-order valence-corrected chi connectivity index (χ4v) is 4.12. The lowest BCUT2D eigenvalue weighted by molar-refractivity contribution is -0.135. The molecule has 4 rings (SSSR count). The monoisotopic (exact) mass is 373 g/mol. The van der Waals surface area contributed by atoms with Gasteiger partial charge in [-0.15, -0.1) is 11.3 Å². The van der Waals surface area contributed by atoms with Crippen molar-refractivity contribution in [2.24, 2.45) is 5.10 Å².